The second-order valence-corrected chi connectivity index (χ2v) is 7.57. The molecule has 0 aliphatic carbocycles. The first kappa shape index (κ1) is 23.7. The Labute approximate surface area is 186 Å². The van der Waals surface area contributed by atoms with E-state index in [1.807, 2.05) is 0 Å². The van der Waals surface area contributed by atoms with Crippen molar-refractivity contribution in [2.75, 3.05) is 11.9 Å². The smallest absolute Gasteiger partial charge is 0.367 e. The van der Waals surface area contributed by atoms with Crippen LogP contribution < -0.4 is 5.32 Å². The fourth-order valence-electron chi connectivity index (χ4n) is 3.14. The zero-order valence-electron chi connectivity index (χ0n) is 17.3. The molecular formula is C22H20ClF4N3O2. The Morgan fingerprint density at radius 1 is 1.19 bits per heavy atom. The number of carbonyl (C=O) groups is 1. The normalized spacial score (nSPS) is 11.6. The van der Waals surface area contributed by atoms with Crippen LogP contribution in [0, 0.1) is 19.7 Å². The van der Waals surface area contributed by atoms with E-state index in [2.05, 4.69) is 15.2 Å². The van der Waals surface area contributed by atoms with E-state index in [1.54, 1.807) is 32.0 Å². The number of carbonyl (C=O) groups excluding carboxylic acids is 1. The van der Waals surface area contributed by atoms with Gasteiger partial charge in [-0.05, 0) is 43.7 Å². The molecule has 5 nitrogen and oxygen atoms in total. The number of hydrogen-bond donors (Lipinski definition) is 1. The predicted octanol–water partition coefficient (Wildman–Crippen LogP) is 5.67. The SMILES string of the molecule is Cc1nn(Cc2c(F)cccc2Cl)c(C)c1NC(=O)c1cccc(COCC(F)(F)F)c1. The van der Waals surface area contributed by atoms with Crippen molar-refractivity contribution in [3.63, 3.8) is 0 Å². The Morgan fingerprint density at radius 3 is 2.59 bits per heavy atom. The van der Waals surface area contributed by atoms with E-state index in [0.717, 1.165) is 0 Å². The van der Waals surface area contributed by atoms with Crippen molar-refractivity contribution < 1.29 is 27.1 Å². The molecule has 0 radical (unpaired) electrons. The summed E-state index contributed by atoms with van der Waals surface area (Å²) in [6.45, 7) is 1.86. The van der Waals surface area contributed by atoms with E-state index in [0.29, 0.717) is 22.6 Å². The Morgan fingerprint density at radius 2 is 1.91 bits per heavy atom. The van der Waals surface area contributed by atoms with Gasteiger partial charge in [0.2, 0.25) is 0 Å². The van der Waals surface area contributed by atoms with Crippen LogP contribution in [0.3, 0.4) is 0 Å². The summed E-state index contributed by atoms with van der Waals surface area (Å²) in [5.41, 5.74) is 2.54. The number of aromatic nitrogens is 2. The highest BCUT2D eigenvalue weighted by molar-refractivity contribution is 6.31. The van der Waals surface area contributed by atoms with Crippen molar-refractivity contribution in [1.82, 2.24) is 9.78 Å². The van der Waals surface area contributed by atoms with Gasteiger partial charge in [-0.25, -0.2) is 4.39 Å². The molecule has 1 aromatic heterocycles. The number of nitrogens with one attached hydrogen (secondary N) is 1. The van der Waals surface area contributed by atoms with Crippen molar-refractivity contribution >= 4 is 23.2 Å². The molecule has 0 aliphatic rings. The summed E-state index contributed by atoms with van der Waals surface area (Å²) in [6.07, 6.45) is -4.42. The van der Waals surface area contributed by atoms with Crippen LogP contribution in [0.2, 0.25) is 5.02 Å². The molecule has 3 rings (SSSR count). The van der Waals surface area contributed by atoms with Gasteiger partial charge in [-0.1, -0.05) is 29.8 Å². The first-order valence-electron chi connectivity index (χ1n) is 9.57. The molecule has 0 saturated heterocycles. The lowest BCUT2D eigenvalue weighted by molar-refractivity contribution is -0.176. The molecule has 170 valence electrons. The van der Waals surface area contributed by atoms with E-state index in [4.69, 9.17) is 11.6 Å². The number of nitrogens with zero attached hydrogens (tertiary/aromatic N) is 2. The lowest BCUT2D eigenvalue weighted by Gasteiger charge is -2.10. The van der Waals surface area contributed by atoms with Gasteiger partial charge in [-0.3, -0.25) is 9.48 Å². The minimum absolute atomic E-state index is 0.0834. The average molecular weight is 470 g/mol. The van der Waals surface area contributed by atoms with Crippen LogP contribution in [0.4, 0.5) is 23.2 Å². The number of ether oxygens (including phenoxy) is 1. The summed E-state index contributed by atoms with van der Waals surface area (Å²) < 4.78 is 57.0. The molecular weight excluding hydrogens is 450 g/mol. The molecule has 0 unspecified atom stereocenters. The number of anilines is 1. The third-order valence-corrected chi connectivity index (χ3v) is 5.07. The van der Waals surface area contributed by atoms with Crippen LogP contribution in [-0.2, 0) is 17.9 Å². The minimum Gasteiger partial charge on any atom is -0.367 e. The molecule has 0 bridgehead atoms. The zero-order chi connectivity index (χ0) is 23.5. The third kappa shape index (κ3) is 5.86. The highest BCUT2D eigenvalue weighted by Gasteiger charge is 2.27. The van der Waals surface area contributed by atoms with Gasteiger partial charge >= 0.3 is 6.18 Å². The quantitative estimate of drug-likeness (QED) is 0.453. The van der Waals surface area contributed by atoms with Crippen molar-refractivity contribution in [3.05, 3.63) is 81.4 Å². The summed E-state index contributed by atoms with van der Waals surface area (Å²) in [6, 6.07) is 10.5. The summed E-state index contributed by atoms with van der Waals surface area (Å²) >= 11 is 6.10. The second kappa shape index (κ2) is 9.70. The molecule has 0 fully saturated rings. The van der Waals surface area contributed by atoms with Crippen molar-refractivity contribution in [3.8, 4) is 0 Å². The number of halogens is 5. The molecule has 1 heterocycles. The van der Waals surface area contributed by atoms with E-state index in [-0.39, 0.29) is 29.3 Å². The van der Waals surface area contributed by atoms with Gasteiger partial charge in [0.25, 0.3) is 5.91 Å². The number of amides is 1. The molecule has 10 heteroatoms. The third-order valence-electron chi connectivity index (χ3n) is 4.71. The molecule has 0 aliphatic heterocycles. The minimum atomic E-state index is -4.42. The van der Waals surface area contributed by atoms with E-state index in [9.17, 15) is 22.4 Å². The van der Waals surface area contributed by atoms with E-state index in [1.165, 1.54) is 28.9 Å². The summed E-state index contributed by atoms with van der Waals surface area (Å²) in [7, 11) is 0. The maximum Gasteiger partial charge on any atom is 0.411 e. The summed E-state index contributed by atoms with van der Waals surface area (Å²) in [5.74, 6) is -0.919. The number of rotatable bonds is 7. The number of benzene rings is 2. The average Bonchev–Trinajstić information content (AvgIpc) is 2.97. The highest BCUT2D eigenvalue weighted by Crippen LogP contribution is 2.25. The van der Waals surface area contributed by atoms with Gasteiger partial charge in [0.1, 0.15) is 12.4 Å². The van der Waals surface area contributed by atoms with Crippen LogP contribution in [0.1, 0.15) is 32.9 Å². The Bertz CT molecular complexity index is 1110. The lowest BCUT2D eigenvalue weighted by atomic mass is 10.1. The van der Waals surface area contributed by atoms with Gasteiger partial charge in [-0.2, -0.15) is 18.3 Å². The highest BCUT2D eigenvalue weighted by atomic mass is 35.5. The topological polar surface area (TPSA) is 56.2 Å². The second-order valence-electron chi connectivity index (χ2n) is 7.17. The lowest BCUT2D eigenvalue weighted by Crippen LogP contribution is -2.17. The zero-order valence-corrected chi connectivity index (χ0v) is 18.0. The maximum atomic E-state index is 14.1. The maximum absolute atomic E-state index is 14.1. The van der Waals surface area contributed by atoms with Crippen LogP contribution in [0.5, 0.6) is 0 Å². The number of hydrogen-bond acceptors (Lipinski definition) is 3. The standard InChI is InChI=1S/C22H20ClF4N3O2/c1-13-20(14(2)30(29-13)10-17-18(23)7-4-8-19(17)24)28-21(31)16-6-3-5-15(9-16)11-32-12-22(25,26)27/h3-9H,10-12H2,1-2H3,(H,28,31). The van der Waals surface area contributed by atoms with Crippen LogP contribution in [-0.4, -0.2) is 28.5 Å². The molecule has 1 amide bonds. The fourth-order valence-corrected chi connectivity index (χ4v) is 3.36. The summed E-state index contributed by atoms with van der Waals surface area (Å²) in [4.78, 5) is 12.7. The summed E-state index contributed by atoms with van der Waals surface area (Å²) in [5, 5.41) is 7.40. The van der Waals surface area contributed by atoms with E-state index >= 15 is 0 Å². The largest absolute Gasteiger partial charge is 0.411 e. The van der Waals surface area contributed by atoms with Crippen LogP contribution >= 0.6 is 11.6 Å². The van der Waals surface area contributed by atoms with Gasteiger partial charge in [0.15, 0.2) is 0 Å². The molecule has 1 N–H and O–H groups in total. The first-order chi connectivity index (χ1) is 15.0. The molecule has 0 atom stereocenters. The van der Waals surface area contributed by atoms with Gasteiger partial charge in [0.05, 0.1) is 30.2 Å². The van der Waals surface area contributed by atoms with Gasteiger partial charge in [0, 0.05) is 16.1 Å². The molecule has 3 aromatic rings. The Kier molecular flexibility index (Phi) is 7.20. The number of alkyl halides is 3. The Balaban J connectivity index is 1.74. The van der Waals surface area contributed by atoms with Crippen molar-refractivity contribution in [2.24, 2.45) is 0 Å². The van der Waals surface area contributed by atoms with Crippen LogP contribution in [0.15, 0.2) is 42.5 Å². The van der Waals surface area contributed by atoms with Gasteiger partial charge < -0.3 is 10.1 Å². The first-order valence-corrected chi connectivity index (χ1v) is 9.94. The van der Waals surface area contributed by atoms with Gasteiger partial charge in [-0.15, -0.1) is 0 Å². The fraction of sp³-hybridized carbons (Fsp3) is 0.273. The molecule has 0 saturated carbocycles. The predicted molar refractivity (Wildman–Crippen MR) is 112 cm³/mol. The monoisotopic (exact) mass is 469 g/mol. The Hall–Kier alpha value is -2.91. The molecule has 32 heavy (non-hydrogen) atoms. The molecule has 2 aromatic carbocycles. The van der Waals surface area contributed by atoms with E-state index < -0.39 is 24.5 Å². The van der Waals surface area contributed by atoms with Crippen molar-refractivity contribution in [2.45, 2.75) is 33.2 Å². The molecule has 0 spiro atoms. The number of aryl methyl sites for hydroxylation is 1. The van der Waals surface area contributed by atoms with Crippen LogP contribution in [0.25, 0.3) is 0 Å². The van der Waals surface area contributed by atoms with Crippen molar-refractivity contribution in [1.29, 1.82) is 0 Å².